The first-order valence-corrected chi connectivity index (χ1v) is 10.7. The molecule has 0 aliphatic rings. The number of ether oxygens (including phenoxy) is 2. The molecule has 0 radical (unpaired) electrons. The van der Waals surface area contributed by atoms with E-state index < -0.39 is 86.3 Å². The van der Waals surface area contributed by atoms with Gasteiger partial charge in [0.05, 0.1) is 10.5 Å². The van der Waals surface area contributed by atoms with Gasteiger partial charge in [0.1, 0.15) is 22.7 Å². The predicted octanol–water partition coefficient (Wildman–Crippen LogP) is 6.25. The molecule has 13 heteroatoms. The van der Waals surface area contributed by atoms with Crippen molar-refractivity contribution in [2.24, 2.45) is 0 Å². The second kappa shape index (κ2) is 10.5. The van der Waals surface area contributed by atoms with Gasteiger partial charge >= 0.3 is 17.9 Å². The second-order valence-electron chi connectivity index (χ2n) is 9.78. The SMILES string of the molecule is CC(C)(C)OC(=O)N(C(=O)OC(C)(C)C)c1c(F)ccc(CC(=O)c2c(F)ccc([N+](=O)[O-])c2F)c1F. The number of hydrogen-bond acceptors (Lipinski definition) is 7. The number of imide groups is 1. The van der Waals surface area contributed by atoms with E-state index in [4.69, 9.17) is 9.47 Å². The number of hydrogen-bond donors (Lipinski definition) is 0. The summed E-state index contributed by atoms with van der Waals surface area (Å²) >= 11 is 0. The summed E-state index contributed by atoms with van der Waals surface area (Å²) in [5.41, 5.74) is -6.83. The third kappa shape index (κ3) is 7.02. The Hall–Kier alpha value is -4.03. The summed E-state index contributed by atoms with van der Waals surface area (Å²) in [5, 5.41) is 10.9. The van der Waals surface area contributed by atoms with E-state index in [1.807, 2.05) is 0 Å². The molecule has 0 atom stereocenters. The molecule has 0 unspecified atom stereocenters. The van der Waals surface area contributed by atoms with Gasteiger partial charge < -0.3 is 9.47 Å². The summed E-state index contributed by atoms with van der Waals surface area (Å²) in [6.45, 7) is 8.60. The molecule has 0 bridgehead atoms. The molecule has 0 spiro atoms. The van der Waals surface area contributed by atoms with Gasteiger partial charge in [-0.05, 0) is 59.2 Å². The summed E-state index contributed by atoms with van der Waals surface area (Å²) in [6, 6.07) is 2.37. The fourth-order valence-electron chi connectivity index (χ4n) is 3.00. The van der Waals surface area contributed by atoms with E-state index in [2.05, 4.69) is 0 Å². The molecule has 0 heterocycles. The first-order chi connectivity index (χ1) is 16.8. The van der Waals surface area contributed by atoms with Gasteiger partial charge in [0.2, 0.25) is 5.82 Å². The maximum Gasteiger partial charge on any atom is 0.424 e. The third-order valence-corrected chi connectivity index (χ3v) is 4.42. The summed E-state index contributed by atoms with van der Waals surface area (Å²) in [4.78, 5) is 47.9. The predicted molar refractivity (Wildman–Crippen MR) is 122 cm³/mol. The number of rotatable bonds is 5. The monoisotopic (exact) mass is 528 g/mol. The fraction of sp³-hybridized carbons (Fsp3) is 0.375. The van der Waals surface area contributed by atoms with Gasteiger partial charge in [-0.1, -0.05) is 6.07 Å². The molecule has 0 N–H and O–H groups in total. The highest BCUT2D eigenvalue weighted by Crippen LogP contribution is 2.31. The van der Waals surface area contributed by atoms with Gasteiger partial charge in [-0.2, -0.15) is 9.29 Å². The normalized spacial score (nSPS) is 11.6. The first-order valence-electron chi connectivity index (χ1n) is 10.7. The number of nitro benzene ring substituents is 1. The van der Waals surface area contributed by atoms with E-state index in [-0.39, 0.29) is 4.90 Å². The molecule has 2 rings (SSSR count). The van der Waals surface area contributed by atoms with Crippen LogP contribution in [0, 0.1) is 33.4 Å². The van der Waals surface area contributed by atoms with Crippen molar-refractivity contribution in [3.05, 3.63) is 68.8 Å². The highest BCUT2D eigenvalue weighted by molar-refractivity contribution is 6.10. The van der Waals surface area contributed by atoms with Gasteiger partial charge in [0.25, 0.3) is 0 Å². The van der Waals surface area contributed by atoms with Crippen LogP contribution in [0.15, 0.2) is 24.3 Å². The molecule has 0 saturated carbocycles. The quantitative estimate of drug-likeness (QED) is 0.195. The molecular weight excluding hydrogens is 504 g/mol. The lowest BCUT2D eigenvalue weighted by molar-refractivity contribution is -0.387. The number of amides is 2. The van der Waals surface area contributed by atoms with E-state index >= 15 is 4.39 Å². The Balaban J connectivity index is 2.61. The molecule has 2 aromatic rings. The van der Waals surface area contributed by atoms with E-state index in [1.54, 1.807) is 0 Å². The molecule has 0 fully saturated rings. The van der Waals surface area contributed by atoms with Crippen molar-refractivity contribution in [3.63, 3.8) is 0 Å². The third-order valence-electron chi connectivity index (χ3n) is 4.42. The molecular formula is C24H24F4N2O7. The van der Waals surface area contributed by atoms with E-state index in [0.29, 0.717) is 18.2 Å². The van der Waals surface area contributed by atoms with Crippen molar-refractivity contribution in [1.29, 1.82) is 0 Å². The number of nitro groups is 1. The molecule has 0 aromatic heterocycles. The van der Waals surface area contributed by atoms with Crippen LogP contribution in [0.1, 0.15) is 57.5 Å². The van der Waals surface area contributed by atoms with Crippen molar-refractivity contribution < 1.29 is 46.3 Å². The van der Waals surface area contributed by atoms with Crippen LogP contribution in [0.4, 0.5) is 38.5 Å². The lowest BCUT2D eigenvalue weighted by atomic mass is 10.00. The average Bonchev–Trinajstić information content (AvgIpc) is 2.70. The minimum Gasteiger partial charge on any atom is -0.443 e. The molecule has 200 valence electrons. The lowest BCUT2D eigenvalue weighted by Crippen LogP contribution is -2.44. The Bertz CT molecular complexity index is 1240. The zero-order valence-corrected chi connectivity index (χ0v) is 20.8. The number of ketones is 1. The number of anilines is 1. The van der Waals surface area contributed by atoms with Crippen LogP contribution >= 0.6 is 0 Å². The van der Waals surface area contributed by atoms with Gasteiger partial charge in [0.15, 0.2) is 17.4 Å². The summed E-state index contributed by atoms with van der Waals surface area (Å²) in [7, 11) is 0. The Morgan fingerprint density at radius 2 is 1.32 bits per heavy atom. The highest BCUT2D eigenvalue weighted by atomic mass is 19.1. The largest absolute Gasteiger partial charge is 0.443 e. The van der Waals surface area contributed by atoms with Crippen LogP contribution in [0.3, 0.4) is 0 Å². The van der Waals surface area contributed by atoms with Gasteiger partial charge in [-0.15, -0.1) is 0 Å². The Labute approximate surface area is 209 Å². The molecule has 0 saturated heterocycles. The van der Waals surface area contributed by atoms with Crippen LogP contribution in [0.2, 0.25) is 0 Å². The molecule has 2 aromatic carbocycles. The van der Waals surface area contributed by atoms with Crippen molar-refractivity contribution in [3.8, 4) is 0 Å². The summed E-state index contributed by atoms with van der Waals surface area (Å²) in [6.07, 6.45) is -4.11. The van der Waals surface area contributed by atoms with Gasteiger partial charge in [-0.25, -0.2) is 22.8 Å². The van der Waals surface area contributed by atoms with Crippen molar-refractivity contribution in [2.75, 3.05) is 4.90 Å². The maximum atomic E-state index is 15.5. The standard InChI is InChI=1S/C24H24F4N2O7/c1-23(2,3)36-21(32)29(22(33)37-24(4,5)6)20-14(26)8-7-12(18(20)27)11-16(31)17-13(25)9-10-15(19(17)28)30(34)35/h7-10H,11H2,1-6H3. The maximum absolute atomic E-state index is 15.5. The minimum absolute atomic E-state index is 0.0380. The highest BCUT2D eigenvalue weighted by Gasteiger charge is 2.37. The Morgan fingerprint density at radius 1 is 0.838 bits per heavy atom. The smallest absolute Gasteiger partial charge is 0.424 e. The Kier molecular flexibility index (Phi) is 8.31. The van der Waals surface area contributed by atoms with Crippen LogP contribution in [-0.4, -0.2) is 34.1 Å². The number of nitrogens with zero attached hydrogens (tertiary/aromatic N) is 2. The summed E-state index contributed by atoms with van der Waals surface area (Å²) in [5.74, 6) is -7.66. The fourth-order valence-corrected chi connectivity index (χ4v) is 3.00. The number of carbonyl (C=O) groups is 3. The lowest BCUT2D eigenvalue weighted by Gasteiger charge is -2.29. The van der Waals surface area contributed by atoms with Crippen LogP contribution in [0.25, 0.3) is 0 Å². The Morgan fingerprint density at radius 3 is 1.78 bits per heavy atom. The molecule has 0 aliphatic heterocycles. The number of halogens is 4. The second-order valence-corrected chi connectivity index (χ2v) is 9.78. The van der Waals surface area contributed by atoms with Crippen LogP contribution in [-0.2, 0) is 15.9 Å². The van der Waals surface area contributed by atoms with Crippen molar-refractivity contribution >= 4 is 29.3 Å². The van der Waals surface area contributed by atoms with Crippen LogP contribution < -0.4 is 4.90 Å². The zero-order chi connectivity index (χ0) is 28.5. The van der Waals surface area contributed by atoms with Gasteiger partial charge in [-0.3, -0.25) is 14.9 Å². The molecule has 0 aliphatic carbocycles. The molecule has 37 heavy (non-hydrogen) atoms. The van der Waals surface area contributed by atoms with E-state index in [0.717, 1.165) is 6.07 Å². The number of carbonyl (C=O) groups excluding carboxylic acids is 3. The van der Waals surface area contributed by atoms with Crippen LogP contribution in [0.5, 0.6) is 0 Å². The van der Waals surface area contributed by atoms with Crippen molar-refractivity contribution in [1.82, 2.24) is 0 Å². The van der Waals surface area contributed by atoms with E-state index in [9.17, 15) is 37.7 Å². The zero-order valence-electron chi connectivity index (χ0n) is 20.8. The molecule has 2 amide bonds. The summed E-state index contributed by atoms with van der Waals surface area (Å²) < 4.78 is 69.1. The molecule has 9 nitrogen and oxygen atoms in total. The topological polar surface area (TPSA) is 116 Å². The van der Waals surface area contributed by atoms with Crippen molar-refractivity contribution in [2.45, 2.75) is 59.2 Å². The number of benzene rings is 2. The average molecular weight is 528 g/mol. The minimum atomic E-state index is -1.78. The number of Topliss-reactive ketones (excluding diaryl/α,β-unsaturated/α-hetero) is 1. The van der Waals surface area contributed by atoms with E-state index in [1.165, 1.54) is 41.5 Å². The first kappa shape index (κ1) is 29.2. The van der Waals surface area contributed by atoms with Gasteiger partial charge in [0, 0.05) is 12.5 Å².